The van der Waals surface area contributed by atoms with Crippen LogP contribution in [0, 0.1) is 13.8 Å². The van der Waals surface area contributed by atoms with E-state index in [4.69, 9.17) is 0 Å². The standard InChI is InChI=1S/C15H22N2O3S/c1-6-9-16-15(18)13(4)17(21(5,19)20)14-8-7-11(2)12(3)10-14/h6-8,10,13H,1,9H2,2-5H3,(H,16,18)/t13-/m1/s1. The maximum absolute atomic E-state index is 12.1. The summed E-state index contributed by atoms with van der Waals surface area (Å²) in [5.41, 5.74) is 2.53. The normalized spacial score (nSPS) is 12.6. The molecule has 0 fully saturated rings. The third-order valence-corrected chi connectivity index (χ3v) is 4.50. The highest BCUT2D eigenvalue weighted by Crippen LogP contribution is 2.23. The molecule has 0 aliphatic carbocycles. The monoisotopic (exact) mass is 310 g/mol. The van der Waals surface area contributed by atoms with Gasteiger partial charge in [-0.15, -0.1) is 6.58 Å². The number of aryl methyl sites for hydroxylation is 2. The predicted octanol–water partition coefficient (Wildman–Crippen LogP) is 1.76. The average Bonchev–Trinajstić information content (AvgIpc) is 2.38. The minimum Gasteiger partial charge on any atom is -0.351 e. The van der Waals surface area contributed by atoms with Crippen LogP contribution in [-0.2, 0) is 14.8 Å². The lowest BCUT2D eigenvalue weighted by atomic mass is 10.1. The number of nitrogens with one attached hydrogen (secondary N) is 1. The zero-order valence-electron chi connectivity index (χ0n) is 12.9. The molecule has 1 amide bonds. The smallest absolute Gasteiger partial charge is 0.243 e. The molecular weight excluding hydrogens is 288 g/mol. The summed E-state index contributed by atoms with van der Waals surface area (Å²) < 4.78 is 25.3. The summed E-state index contributed by atoms with van der Waals surface area (Å²) in [7, 11) is -3.57. The number of carbonyl (C=O) groups is 1. The maximum atomic E-state index is 12.1. The molecule has 1 aromatic rings. The Morgan fingerprint density at radius 1 is 1.38 bits per heavy atom. The van der Waals surface area contributed by atoms with Crippen LogP contribution in [0.1, 0.15) is 18.1 Å². The van der Waals surface area contributed by atoms with Gasteiger partial charge in [0.2, 0.25) is 15.9 Å². The van der Waals surface area contributed by atoms with Crippen LogP contribution in [0.4, 0.5) is 5.69 Å². The molecule has 116 valence electrons. The molecule has 1 rings (SSSR count). The first-order valence-electron chi connectivity index (χ1n) is 6.63. The minimum absolute atomic E-state index is 0.299. The van der Waals surface area contributed by atoms with Gasteiger partial charge in [-0.05, 0) is 44.0 Å². The Bertz CT molecular complexity index is 638. The molecule has 0 aromatic heterocycles. The van der Waals surface area contributed by atoms with E-state index in [-0.39, 0.29) is 5.91 Å². The molecule has 1 aromatic carbocycles. The highest BCUT2D eigenvalue weighted by molar-refractivity contribution is 7.92. The summed E-state index contributed by atoms with van der Waals surface area (Å²) in [6, 6.07) is 4.49. The van der Waals surface area contributed by atoms with E-state index in [0.717, 1.165) is 21.7 Å². The Labute approximate surface area is 126 Å². The second-order valence-corrected chi connectivity index (χ2v) is 6.90. The van der Waals surface area contributed by atoms with Crippen molar-refractivity contribution in [2.24, 2.45) is 0 Å². The van der Waals surface area contributed by atoms with E-state index in [9.17, 15) is 13.2 Å². The molecule has 0 heterocycles. The van der Waals surface area contributed by atoms with Crippen LogP contribution in [0.5, 0.6) is 0 Å². The Balaban J connectivity index is 3.20. The summed E-state index contributed by atoms with van der Waals surface area (Å²) in [6.45, 7) is 9.23. The highest BCUT2D eigenvalue weighted by Gasteiger charge is 2.28. The summed E-state index contributed by atoms with van der Waals surface area (Å²) in [5, 5.41) is 2.62. The lowest BCUT2D eigenvalue weighted by Crippen LogP contribution is -2.47. The van der Waals surface area contributed by atoms with E-state index in [1.165, 1.54) is 0 Å². The van der Waals surface area contributed by atoms with Gasteiger partial charge in [0.25, 0.3) is 0 Å². The van der Waals surface area contributed by atoms with E-state index in [0.29, 0.717) is 12.2 Å². The van der Waals surface area contributed by atoms with Crippen LogP contribution in [-0.4, -0.2) is 33.2 Å². The molecule has 1 N–H and O–H groups in total. The van der Waals surface area contributed by atoms with Gasteiger partial charge in [-0.3, -0.25) is 9.10 Å². The predicted molar refractivity (Wildman–Crippen MR) is 85.9 cm³/mol. The third kappa shape index (κ3) is 4.32. The molecule has 0 spiro atoms. The van der Waals surface area contributed by atoms with Crippen molar-refractivity contribution in [3.05, 3.63) is 42.0 Å². The summed E-state index contributed by atoms with van der Waals surface area (Å²) in [4.78, 5) is 12.1. The average molecular weight is 310 g/mol. The van der Waals surface area contributed by atoms with E-state index in [1.54, 1.807) is 25.1 Å². The molecule has 0 unspecified atom stereocenters. The van der Waals surface area contributed by atoms with E-state index >= 15 is 0 Å². The van der Waals surface area contributed by atoms with Gasteiger partial charge >= 0.3 is 0 Å². The number of anilines is 1. The molecule has 5 nitrogen and oxygen atoms in total. The van der Waals surface area contributed by atoms with Gasteiger partial charge in [-0.1, -0.05) is 12.1 Å². The van der Waals surface area contributed by atoms with Crippen molar-refractivity contribution < 1.29 is 13.2 Å². The number of benzene rings is 1. The number of hydrogen-bond acceptors (Lipinski definition) is 3. The largest absolute Gasteiger partial charge is 0.351 e. The van der Waals surface area contributed by atoms with Crippen molar-refractivity contribution in [3.8, 4) is 0 Å². The highest BCUT2D eigenvalue weighted by atomic mass is 32.2. The molecule has 0 saturated carbocycles. The number of rotatable bonds is 6. The molecule has 6 heteroatoms. The van der Waals surface area contributed by atoms with Gasteiger partial charge in [0.15, 0.2) is 0 Å². The quantitative estimate of drug-likeness (QED) is 0.814. The van der Waals surface area contributed by atoms with Gasteiger partial charge in [0.05, 0.1) is 11.9 Å². The fraction of sp³-hybridized carbons (Fsp3) is 0.400. The fourth-order valence-electron chi connectivity index (χ4n) is 1.99. The first kappa shape index (κ1) is 17.2. The molecule has 0 saturated heterocycles. The molecule has 0 radical (unpaired) electrons. The SMILES string of the molecule is C=CCNC(=O)[C@@H](C)N(c1ccc(C)c(C)c1)S(C)(=O)=O. The van der Waals surface area contributed by atoms with Gasteiger partial charge in [-0.2, -0.15) is 0 Å². The second-order valence-electron chi connectivity index (χ2n) is 5.04. The number of carbonyl (C=O) groups excluding carboxylic acids is 1. The Kier molecular flexibility index (Phi) is 5.54. The van der Waals surface area contributed by atoms with Crippen LogP contribution in [0.3, 0.4) is 0 Å². The van der Waals surface area contributed by atoms with Crippen LogP contribution in [0.25, 0.3) is 0 Å². The molecule has 1 atom stereocenters. The molecule has 0 aliphatic rings. The molecular formula is C15H22N2O3S. The lowest BCUT2D eigenvalue weighted by Gasteiger charge is -2.28. The zero-order valence-corrected chi connectivity index (χ0v) is 13.7. The fourth-order valence-corrected chi connectivity index (χ4v) is 3.16. The Morgan fingerprint density at radius 3 is 2.48 bits per heavy atom. The van der Waals surface area contributed by atoms with Crippen LogP contribution in [0.15, 0.2) is 30.9 Å². The third-order valence-electron chi connectivity index (χ3n) is 3.25. The first-order chi connectivity index (χ1) is 9.68. The van der Waals surface area contributed by atoms with Gasteiger partial charge in [0, 0.05) is 6.54 Å². The zero-order chi connectivity index (χ0) is 16.2. The lowest BCUT2D eigenvalue weighted by molar-refractivity contribution is -0.121. The van der Waals surface area contributed by atoms with Gasteiger partial charge < -0.3 is 5.32 Å². The topological polar surface area (TPSA) is 66.5 Å². The van der Waals surface area contributed by atoms with Crippen LogP contribution >= 0.6 is 0 Å². The van der Waals surface area contributed by atoms with Gasteiger partial charge in [-0.25, -0.2) is 8.42 Å². The maximum Gasteiger partial charge on any atom is 0.243 e. The van der Waals surface area contributed by atoms with E-state index < -0.39 is 16.1 Å². The van der Waals surface area contributed by atoms with E-state index in [2.05, 4.69) is 11.9 Å². The van der Waals surface area contributed by atoms with Crippen molar-refractivity contribution in [2.75, 3.05) is 17.1 Å². The summed E-state index contributed by atoms with van der Waals surface area (Å²) in [5.74, 6) is -0.362. The van der Waals surface area contributed by atoms with Crippen molar-refractivity contribution in [1.29, 1.82) is 0 Å². The summed E-state index contributed by atoms with van der Waals surface area (Å²) >= 11 is 0. The van der Waals surface area contributed by atoms with Crippen LogP contribution < -0.4 is 9.62 Å². The minimum atomic E-state index is -3.57. The first-order valence-corrected chi connectivity index (χ1v) is 8.48. The van der Waals surface area contributed by atoms with Crippen molar-refractivity contribution in [3.63, 3.8) is 0 Å². The van der Waals surface area contributed by atoms with Crippen molar-refractivity contribution >= 4 is 21.6 Å². The molecule has 21 heavy (non-hydrogen) atoms. The van der Waals surface area contributed by atoms with Crippen molar-refractivity contribution in [1.82, 2.24) is 5.32 Å². The number of hydrogen-bond donors (Lipinski definition) is 1. The number of nitrogens with zero attached hydrogens (tertiary/aromatic N) is 1. The second kappa shape index (κ2) is 6.76. The summed E-state index contributed by atoms with van der Waals surface area (Å²) in [6.07, 6.45) is 2.64. The molecule has 0 bridgehead atoms. The molecule has 0 aliphatic heterocycles. The Hall–Kier alpha value is -1.82. The Morgan fingerprint density at radius 2 is 2.00 bits per heavy atom. The van der Waals surface area contributed by atoms with Gasteiger partial charge in [0.1, 0.15) is 6.04 Å². The van der Waals surface area contributed by atoms with Crippen molar-refractivity contribution in [2.45, 2.75) is 26.8 Å². The number of amides is 1. The van der Waals surface area contributed by atoms with E-state index in [1.807, 2.05) is 19.9 Å². The number of sulfonamides is 1. The van der Waals surface area contributed by atoms with Crippen LogP contribution in [0.2, 0.25) is 0 Å².